The summed E-state index contributed by atoms with van der Waals surface area (Å²) in [5.41, 5.74) is 0.657. The van der Waals surface area contributed by atoms with Crippen molar-refractivity contribution >= 4 is 35.2 Å². The summed E-state index contributed by atoms with van der Waals surface area (Å²) < 4.78 is 11.0. The SMILES string of the molecule is N#C/C(=C\c1ccc(-c2ccc(Cl)cc2Cl)o1)C(=O)NCCN1CCOCC1. The van der Waals surface area contributed by atoms with Crippen LogP contribution >= 0.6 is 23.2 Å². The number of nitrogens with one attached hydrogen (secondary N) is 1. The molecule has 1 aliphatic rings. The first-order chi connectivity index (χ1) is 13.6. The molecule has 1 aromatic heterocycles. The maximum Gasteiger partial charge on any atom is 0.262 e. The minimum absolute atomic E-state index is 0.0231. The fourth-order valence-corrected chi connectivity index (χ4v) is 3.30. The molecular formula is C20H19Cl2N3O3. The number of ether oxygens (including phenoxy) is 1. The zero-order valence-electron chi connectivity index (χ0n) is 15.1. The largest absolute Gasteiger partial charge is 0.457 e. The van der Waals surface area contributed by atoms with Gasteiger partial charge in [-0.15, -0.1) is 0 Å². The molecule has 0 radical (unpaired) electrons. The standard InChI is InChI=1S/C20H19Cl2N3O3/c21-15-1-3-17(18(22)12-15)19-4-2-16(28-19)11-14(13-23)20(26)24-5-6-25-7-9-27-10-8-25/h1-4,11-12H,5-10H2,(H,24,26)/b14-11+. The lowest BCUT2D eigenvalue weighted by Gasteiger charge is -2.26. The molecule has 0 aliphatic carbocycles. The molecule has 8 heteroatoms. The zero-order valence-corrected chi connectivity index (χ0v) is 16.6. The Kier molecular flexibility index (Phi) is 7.12. The number of hydrogen-bond donors (Lipinski definition) is 1. The first kappa shape index (κ1) is 20.4. The molecular weight excluding hydrogens is 401 g/mol. The molecule has 0 atom stereocenters. The smallest absolute Gasteiger partial charge is 0.262 e. The van der Waals surface area contributed by atoms with Crippen LogP contribution < -0.4 is 5.32 Å². The topological polar surface area (TPSA) is 78.5 Å². The number of benzene rings is 1. The van der Waals surface area contributed by atoms with Gasteiger partial charge in [-0.1, -0.05) is 23.2 Å². The van der Waals surface area contributed by atoms with E-state index in [1.54, 1.807) is 30.3 Å². The Morgan fingerprint density at radius 1 is 1.25 bits per heavy atom. The van der Waals surface area contributed by atoms with E-state index in [0.717, 1.165) is 13.1 Å². The maximum atomic E-state index is 12.3. The molecule has 3 rings (SSSR count). The van der Waals surface area contributed by atoms with Crippen molar-refractivity contribution in [1.82, 2.24) is 10.2 Å². The molecule has 1 amide bonds. The molecule has 28 heavy (non-hydrogen) atoms. The van der Waals surface area contributed by atoms with Gasteiger partial charge in [-0.2, -0.15) is 5.26 Å². The van der Waals surface area contributed by atoms with Gasteiger partial charge in [0.15, 0.2) is 0 Å². The van der Waals surface area contributed by atoms with E-state index in [1.165, 1.54) is 6.08 Å². The lowest BCUT2D eigenvalue weighted by Crippen LogP contribution is -2.41. The molecule has 146 valence electrons. The monoisotopic (exact) mass is 419 g/mol. The summed E-state index contributed by atoms with van der Waals surface area (Å²) in [5, 5.41) is 13.1. The van der Waals surface area contributed by atoms with Crippen molar-refractivity contribution in [2.45, 2.75) is 0 Å². The predicted octanol–water partition coefficient (Wildman–Crippen LogP) is 3.61. The second-order valence-electron chi connectivity index (χ2n) is 6.21. The van der Waals surface area contributed by atoms with Gasteiger partial charge in [0, 0.05) is 42.8 Å². The molecule has 0 unspecified atom stereocenters. The van der Waals surface area contributed by atoms with Crippen molar-refractivity contribution in [3.05, 3.63) is 51.7 Å². The third-order valence-corrected chi connectivity index (χ3v) is 4.84. The van der Waals surface area contributed by atoms with E-state index < -0.39 is 5.91 Å². The number of amides is 1. The zero-order chi connectivity index (χ0) is 19.9. The Labute approximate surface area is 173 Å². The highest BCUT2D eigenvalue weighted by atomic mass is 35.5. The maximum absolute atomic E-state index is 12.3. The Morgan fingerprint density at radius 3 is 2.75 bits per heavy atom. The second kappa shape index (κ2) is 9.76. The first-order valence-corrected chi connectivity index (χ1v) is 9.58. The van der Waals surface area contributed by atoms with Gasteiger partial charge >= 0.3 is 0 Å². The highest BCUT2D eigenvalue weighted by Gasteiger charge is 2.14. The van der Waals surface area contributed by atoms with E-state index in [1.807, 2.05) is 6.07 Å². The van der Waals surface area contributed by atoms with Gasteiger partial charge < -0.3 is 14.5 Å². The summed E-state index contributed by atoms with van der Waals surface area (Å²) in [4.78, 5) is 14.5. The molecule has 1 saturated heterocycles. The van der Waals surface area contributed by atoms with Crippen molar-refractivity contribution in [3.63, 3.8) is 0 Å². The van der Waals surface area contributed by atoms with Crippen molar-refractivity contribution in [2.75, 3.05) is 39.4 Å². The van der Waals surface area contributed by atoms with E-state index in [9.17, 15) is 10.1 Å². The van der Waals surface area contributed by atoms with Gasteiger partial charge in [0.1, 0.15) is 23.2 Å². The number of morpholine rings is 1. The van der Waals surface area contributed by atoms with Gasteiger partial charge in [-0.25, -0.2) is 0 Å². The van der Waals surface area contributed by atoms with Crippen LogP contribution in [-0.2, 0) is 9.53 Å². The average molecular weight is 420 g/mol. The summed E-state index contributed by atoms with van der Waals surface area (Å²) in [6, 6.07) is 10.4. The van der Waals surface area contributed by atoms with Gasteiger partial charge in [0.05, 0.1) is 18.2 Å². The second-order valence-corrected chi connectivity index (χ2v) is 7.05. The lowest BCUT2D eigenvalue weighted by atomic mass is 10.2. The fourth-order valence-electron chi connectivity index (χ4n) is 2.80. The first-order valence-electron chi connectivity index (χ1n) is 8.82. The normalized spacial score (nSPS) is 15.2. The van der Waals surface area contributed by atoms with Crippen LogP contribution in [0.3, 0.4) is 0 Å². The Hall–Kier alpha value is -2.30. The minimum Gasteiger partial charge on any atom is -0.457 e. The lowest BCUT2D eigenvalue weighted by molar-refractivity contribution is -0.117. The van der Waals surface area contributed by atoms with E-state index >= 15 is 0 Å². The van der Waals surface area contributed by atoms with Gasteiger partial charge in [0.25, 0.3) is 5.91 Å². The number of furan rings is 1. The van der Waals surface area contributed by atoms with Crippen LogP contribution in [0.15, 0.2) is 40.3 Å². The third kappa shape index (κ3) is 5.37. The molecule has 1 fully saturated rings. The quantitative estimate of drug-likeness (QED) is 0.571. The highest BCUT2D eigenvalue weighted by molar-refractivity contribution is 6.36. The van der Waals surface area contributed by atoms with Crippen LogP contribution in [0.25, 0.3) is 17.4 Å². The van der Waals surface area contributed by atoms with Crippen LogP contribution in [0.5, 0.6) is 0 Å². The number of carbonyl (C=O) groups is 1. The summed E-state index contributed by atoms with van der Waals surface area (Å²) in [5.74, 6) is 0.483. The van der Waals surface area contributed by atoms with Crippen molar-refractivity contribution in [1.29, 1.82) is 5.26 Å². The molecule has 0 bridgehead atoms. The highest BCUT2D eigenvalue weighted by Crippen LogP contribution is 2.31. The van der Waals surface area contributed by atoms with Crippen LogP contribution in [-0.4, -0.2) is 50.2 Å². The Balaban J connectivity index is 1.63. The molecule has 2 heterocycles. The molecule has 2 aromatic rings. The van der Waals surface area contributed by atoms with Crippen LogP contribution in [0.4, 0.5) is 0 Å². The number of halogens is 2. The van der Waals surface area contributed by atoms with E-state index in [-0.39, 0.29) is 5.57 Å². The van der Waals surface area contributed by atoms with Crippen LogP contribution in [0.2, 0.25) is 10.0 Å². The van der Waals surface area contributed by atoms with Gasteiger partial charge in [0.2, 0.25) is 0 Å². The van der Waals surface area contributed by atoms with Crippen molar-refractivity contribution in [3.8, 4) is 17.4 Å². The Morgan fingerprint density at radius 2 is 2.04 bits per heavy atom. The Bertz CT molecular complexity index is 912. The van der Waals surface area contributed by atoms with Crippen molar-refractivity contribution in [2.24, 2.45) is 0 Å². The number of rotatable bonds is 6. The predicted molar refractivity (Wildman–Crippen MR) is 108 cm³/mol. The molecule has 1 N–H and O–H groups in total. The third-order valence-electron chi connectivity index (χ3n) is 4.29. The van der Waals surface area contributed by atoms with E-state index in [2.05, 4.69) is 10.2 Å². The molecule has 1 aromatic carbocycles. The summed E-state index contributed by atoms with van der Waals surface area (Å²) in [6.45, 7) is 4.28. The van der Waals surface area contributed by atoms with Gasteiger partial charge in [-0.3, -0.25) is 9.69 Å². The summed E-state index contributed by atoms with van der Waals surface area (Å²) in [6.07, 6.45) is 1.41. The number of hydrogen-bond acceptors (Lipinski definition) is 5. The minimum atomic E-state index is -0.432. The fraction of sp³-hybridized carbons (Fsp3) is 0.300. The number of carbonyl (C=O) groups excluding carboxylic acids is 1. The number of nitrogens with zero attached hydrogens (tertiary/aromatic N) is 2. The van der Waals surface area contributed by atoms with E-state index in [4.69, 9.17) is 32.4 Å². The van der Waals surface area contributed by atoms with Crippen LogP contribution in [0.1, 0.15) is 5.76 Å². The summed E-state index contributed by atoms with van der Waals surface area (Å²) in [7, 11) is 0. The van der Waals surface area contributed by atoms with Crippen LogP contribution in [0, 0.1) is 11.3 Å². The van der Waals surface area contributed by atoms with Gasteiger partial charge in [-0.05, 0) is 30.3 Å². The van der Waals surface area contributed by atoms with E-state index in [0.29, 0.717) is 53.4 Å². The molecule has 1 aliphatic heterocycles. The molecule has 0 saturated carbocycles. The van der Waals surface area contributed by atoms with Crippen molar-refractivity contribution < 1.29 is 13.9 Å². The molecule has 6 nitrogen and oxygen atoms in total. The average Bonchev–Trinajstić information content (AvgIpc) is 3.15. The summed E-state index contributed by atoms with van der Waals surface area (Å²) >= 11 is 12.1. The number of nitriles is 1. The molecule has 0 spiro atoms.